The third kappa shape index (κ3) is 1.80. The fraction of sp³-hybridized carbons (Fsp3) is 0.333. The van der Waals surface area contributed by atoms with Gasteiger partial charge < -0.3 is 0 Å². The average Bonchev–Trinajstić information content (AvgIpc) is 3.14. The van der Waals surface area contributed by atoms with Crippen molar-refractivity contribution in [1.29, 1.82) is 0 Å². The molecule has 2 aliphatic carbocycles. The van der Waals surface area contributed by atoms with Crippen molar-refractivity contribution in [3.8, 4) is 0 Å². The Morgan fingerprint density at radius 3 is 2.91 bits per heavy atom. The molecule has 22 heavy (non-hydrogen) atoms. The van der Waals surface area contributed by atoms with Gasteiger partial charge in [0, 0.05) is 11.6 Å². The highest BCUT2D eigenvalue weighted by atomic mass is 16.2. The molecule has 3 atom stereocenters. The Labute approximate surface area is 129 Å². The normalized spacial score (nSPS) is 29.2. The van der Waals surface area contributed by atoms with Crippen molar-refractivity contribution in [2.45, 2.75) is 19.8 Å². The second kappa shape index (κ2) is 4.65. The summed E-state index contributed by atoms with van der Waals surface area (Å²) in [6.45, 7) is 2.05. The van der Waals surface area contributed by atoms with Crippen LogP contribution >= 0.6 is 0 Å². The molecule has 3 unspecified atom stereocenters. The fourth-order valence-electron chi connectivity index (χ4n) is 4.02. The molecule has 1 saturated carbocycles. The van der Waals surface area contributed by atoms with Gasteiger partial charge in [0.1, 0.15) is 0 Å². The number of rotatable bonds is 2. The zero-order valence-corrected chi connectivity index (χ0v) is 12.6. The lowest BCUT2D eigenvalue weighted by molar-refractivity contribution is -0.128. The largest absolute Gasteiger partial charge is 0.272 e. The lowest BCUT2D eigenvalue weighted by Gasteiger charge is -2.34. The van der Waals surface area contributed by atoms with E-state index in [1.807, 2.05) is 37.3 Å². The highest BCUT2D eigenvalue weighted by molar-refractivity contribution is 6.04. The Bertz CT molecular complexity index is 780. The molecule has 2 aromatic rings. The van der Waals surface area contributed by atoms with Crippen LogP contribution in [0, 0.1) is 17.3 Å². The van der Waals surface area contributed by atoms with E-state index in [4.69, 9.17) is 5.84 Å². The molecular formula is C18H19N3O. The predicted molar refractivity (Wildman–Crippen MR) is 86.9 cm³/mol. The first-order chi connectivity index (χ1) is 10.6. The molecule has 4 rings (SSSR count). The molecule has 1 amide bonds. The number of benzene rings is 1. The average molecular weight is 293 g/mol. The van der Waals surface area contributed by atoms with Crippen LogP contribution < -0.4 is 10.9 Å². The maximum absolute atomic E-state index is 13.0. The molecule has 1 fully saturated rings. The van der Waals surface area contributed by atoms with Gasteiger partial charge in [-0.1, -0.05) is 25.1 Å². The second-order valence-corrected chi connectivity index (χ2v) is 6.63. The van der Waals surface area contributed by atoms with E-state index in [1.165, 1.54) is 5.01 Å². The number of hydrogen-bond acceptors (Lipinski definition) is 3. The van der Waals surface area contributed by atoms with Gasteiger partial charge in [-0.25, -0.2) is 10.9 Å². The minimum Gasteiger partial charge on any atom is -0.272 e. The van der Waals surface area contributed by atoms with Crippen molar-refractivity contribution < 1.29 is 4.79 Å². The molecule has 4 nitrogen and oxygen atoms in total. The lowest BCUT2D eigenvalue weighted by atomic mass is 9.76. The van der Waals surface area contributed by atoms with Crippen LogP contribution in [0.1, 0.15) is 19.8 Å². The zero-order valence-electron chi connectivity index (χ0n) is 12.6. The Morgan fingerprint density at radius 2 is 2.18 bits per heavy atom. The molecule has 112 valence electrons. The first-order valence-corrected chi connectivity index (χ1v) is 7.71. The van der Waals surface area contributed by atoms with Gasteiger partial charge in [-0.05, 0) is 48.9 Å². The van der Waals surface area contributed by atoms with Crippen molar-refractivity contribution in [2.24, 2.45) is 23.1 Å². The molecule has 1 aromatic carbocycles. The maximum atomic E-state index is 13.0. The Balaban J connectivity index is 1.73. The van der Waals surface area contributed by atoms with E-state index in [0.29, 0.717) is 11.8 Å². The summed E-state index contributed by atoms with van der Waals surface area (Å²) in [5.74, 6) is 7.07. The van der Waals surface area contributed by atoms with Crippen LogP contribution in [-0.2, 0) is 4.79 Å². The van der Waals surface area contributed by atoms with E-state index in [9.17, 15) is 4.79 Å². The van der Waals surface area contributed by atoms with Gasteiger partial charge in [0.2, 0.25) is 5.91 Å². The molecule has 0 saturated heterocycles. The summed E-state index contributed by atoms with van der Waals surface area (Å²) in [5.41, 5.74) is 1.18. The smallest absolute Gasteiger partial charge is 0.247 e. The minimum atomic E-state index is -0.390. The Hall–Kier alpha value is -2.20. The van der Waals surface area contributed by atoms with Crippen molar-refractivity contribution >= 4 is 22.5 Å². The van der Waals surface area contributed by atoms with Crippen LogP contribution in [0.5, 0.6) is 0 Å². The Kier molecular flexibility index (Phi) is 2.84. The van der Waals surface area contributed by atoms with Gasteiger partial charge in [0.05, 0.1) is 16.6 Å². The number of fused-ring (bicyclic) bond motifs is 3. The summed E-state index contributed by atoms with van der Waals surface area (Å²) >= 11 is 0. The van der Waals surface area contributed by atoms with Crippen LogP contribution in [0.2, 0.25) is 0 Å². The van der Waals surface area contributed by atoms with Crippen molar-refractivity contribution in [3.63, 3.8) is 0 Å². The molecule has 0 spiro atoms. The SMILES string of the molecule is CC1(C(=O)N(N)c2cccc3ncccc23)CC2C=CC1C2. The summed E-state index contributed by atoms with van der Waals surface area (Å²) in [6.07, 6.45) is 8.14. The molecule has 2 bridgehead atoms. The van der Waals surface area contributed by atoms with E-state index < -0.39 is 5.41 Å². The number of nitrogens with zero attached hydrogens (tertiary/aromatic N) is 2. The van der Waals surface area contributed by atoms with Gasteiger partial charge in [-0.2, -0.15) is 0 Å². The lowest BCUT2D eigenvalue weighted by Crippen LogP contribution is -2.48. The maximum Gasteiger partial charge on any atom is 0.247 e. The molecule has 1 aromatic heterocycles. The Morgan fingerprint density at radius 1 is 1.32 bits per heavy atom. The van der Waals surface area contributed by atoms with Gasteiger partial charge in [-0.15, -0.1) is 0 Å². The number of hydrogen-bond donors (Lipinski definition) is 1. The molecule has 4 heteroatoms. The monoisotopic (exact) mass is 293 g/mol. The summed E-state index contributed by atoms with van der Waals surface area (Å²) in [6, 6.07) is 9.52. The predicted octanol–water partition coefficient (Wildman–Crippen LogP) is 3.04. The standard InChI is InChI=1S/C18H19N3O/c1-18(11-12-7-8-13(18)10-12)17(22)21(19)16-6-2-5-15-14(16)4-3-9-20-15/h2-9,12-13H,10-11,19H2,1H3. The number of nitrogens with two attached hydrogens (primary N) is 1. The van der Waals surface area contributed by atoms with E-state index in [0.717, 1.165) is 29.4 Å². The van der Waals surface area contributed by atoms with Gasteiger partial charge >= 0.3 is 0 Å². The highest BCUT2D eigenvalue weighted by Gasteiger charge is 2.51. The summed E-state index contributed by atoms with van der Waals surface area (Å²) in [7, 11) is 0. The van der Waals surface area contributed by atoms with Crippen molar-refractivity contribution in [2.75, 3.05) is 5.01 Å². The van der Waals surface area contributed by atoms with Crippen LogP contribution in [-0.4, -0.2) is 10.9 Å². The van der Waals surface area contributed by atoms with Gasteiger partial charge in [-0.3, -0.25) is 9.78 Å². The number of pyridine rings is 1. The first kappa shape index (κ1) is 13.5. The third-order valence-corrected chi connectivity index (χ3v) is 5.27. The molecule has 0 radical (unpaired) electrons. The number of hydrazine groups is 1. The summed E-state index contributed by atoms with van der Waals surface area (Å²) < 4.78 is 0. The van der Waals surface area contributed by atoms with Crippen LogP contribution in [0.15, 0.2) is 48.7 Å². The highest BCUT2D eigenvalue weighted by Crippen LogP contribution is 2.52. The van der Waals surface area contributed by atoms with E-state index in [-0.39, 0.29) is 5.91 Å². The molecule has 1 heterocycles. The van der Waals surface area contributed by atoms with Crippen LogP contribution in [0.25, 0.3) is 10.9 Å². The summed E-state index contributed by atoms with van der Waals surface area (Å²) in [5, 5.41) is 2.24. The zero-order chi connectivity index (χ0) is 15.3. The number of carbonyl (C=O) groups excluding carboxylic acids is 1. The van der Waals surface area contributed by atoms with E-state index in [1.54, 1.807) is 6.20 Å². The minimum absolute atomic E-state index is 0.000651. The number of anilines is 1. The fourth-order valence-corrected chi connectivity index (χ4v) is 4.02. The topological polar surface area (TPSA) is 59.2 Å². The quantitative estimate of drug-likeness (QED) is 0.401. The van der Waals surface area contributed by atoms with Gasteiger partial charge in [0.15, 0.2) is 0 Å². The molecule has 2 N–H and O–H groups in total. The summed E-state index contributed by atoms with van der Waals surface area (Å²) in [4.78, 5) is 17.4. The second-order valence-electron chi connectivity index (χ2n) is 6.63. The van der Waals surface area contributed by atoms with Gasteiger partial charge in [0.25, 0.3) is 0 Å². The third-order valence-electron chi connectivity index (χ3n) is 5.27. The number of amides is 1. The van der Waals surface area contributed by atoms with E-state index >= 15 is 0 Å². The number of aromatic nitrogens is 1. The first-order valence-electron chi connectivity index (χ1n) is 7.71. The van der Waals surface area contributed by atoms with Crippen LogP contribution in [0.3, 0.4) is 0 Å². The van der Waals surface area contributed by atoms with Crippen molar-refractivity contribution in [1.82, 2.24) is 4.98 Å². The molecule has 0 aliphatic heterocycles. The van der Waals surface area contributed by atoms with Crippen molar-refractivity contribution in [3.05, 3.63) is 48.7 Å². The van der Waals surface area contributed by atoms with E-state index in [2.05, 4.69) is 17.1 Å². The molecular weight excluding hydrogens is 274 g/mol. The number of carbonyl (C=O) groups is 1. The number of allylic oxidation sites excluding steroid dienone is 2. The van der Waals surface area contributed by atoms with Crippen LogP contribution in [0.4, 0.5) is 5.69 Å². The molecule has 2 aliphatic rings.